The Balaban J connectivity index is 1.40. The molecule has 0 saturated heterocycles. The van der Waals surface area contributed by atoms with Crippen LogP contribution < -0.4 is 4.90 Å². The maximum atomic E-state index is 4.34. The quantitative estimate of drug-likeness (QED) is 0.214. The minimum atomic E-state index is -0.0740. The first-order valence-electron chi connectivity index (χ1n) is 13.9. The highest BCUT2D eigenvalue weighted by molar-refractivity contribution is 6.26. The topological polar surface area (TPSA) is 16.1 Å². The van der Waals surface area contributed by atoms with Crippen LogP contribution in [0.1, 0.15) is 25.0 Å². The highest BCUT2D eigenvalue weighted by Crippen LogP contribution is 2.52. The average Bonchev–Trinajstić information content (AvgIpc) is 3.01. The van der Waals surface area contributed by atoms with E-state index in [2.05, 4.69) is 139 Å². The van der Waals surface area contributed by atoms with Crippen LogP contribution in [0.5, 0.6) is 0 Å². The van der Waals surface area contributed by atoms with E-state index in [1.165, 1.54) is 66.1 Å². The molecule has 1 aliphatic heterocycles. The van der Waals surface area contributed by atoms with E-state index in [4.69, 9.17) is 0 Å². The molecule has 0 radical (unpaired) electrons. The number of rotatable bonds is 2. The molecule has 8 rings (SSSR count). The van der Waals surface area contributed by atoms with Crippen molar-refractivity contribution < 1.29 is 0 Å². The molecule has 0 amide bonds. The van der Waals surface area contributed by atoms with Gasteiger partial charge < -0.3 is 4.90 Å². The van der Waals surface area contributed by atoms with E-state index in [9.17, 15) is 0 Å². The maximum Gasteiger partial charge on any atom is 0.0502 e. The summed E-state index contributed by atoms with van der Waals surface area (Å²) in [5, 5.41) is 7.63. The van der Waals surface area contributed by atoms with Crippen LogP contribution in [0.2, 0.25) is 0 Å². The van der Waals surface area contributed by atoms with Crippen LogP contribution in [0.15, 0.2) is 134 Å². The molecule has 0 saturated carbocycles. The smallest absolute Gasteiger partial charge is 0.0502 e. The van der Waals surface area contributed by atoms with Gasteiger partial charge in [-0.1, -0.05) is 98.8 Å². The normalized spacial score (nSPS) is 13.9. The molecule has 0 bridgehead atoms. The minimum absolute atomic E-state index is 0.0740. The molecule has 0 aliphatic carbocycles. The minimum Gasteiger partial charge on any atom is -0.310 e. The number of fused-ring (bicyclic) bond motifs is 8. The van der Waals surface area contributed by atoms with Crippen molar-refractivity contribution in [3.63, 3.8) is 0 Å². The van der Waals surface area contributed by atoms with Crippen LogP contribution in [0.4, 0.5) is 17.1 Å². The summed E-state index contributed by atoms with van der Waals surface area (Å²) < 4.78 is 0. The SMILES string of the molecule is CC1(C)c2ccccc2N(c2ccc3c4ccc(-c5cccnc5)cc4c4ccccc4c3c2)c2ccccc21. The molecule has 6 aromatic carbocycles. The van der Waals surface area contributed by atoms with E-state index < -0.39 is 0 Å². The molecule has 0 unspecified atom stereocenters. The number of aromatic nitrogens is 1. The van der Waals surface area contributed by atoms with Gasteiger partial charge in [-0.25, -0.2) is 0 Å². The zero-order valence-corrected chi connectivity index (χ0v) is 22.6. The molecule has 0 spiro atoms. The molecule has 1 aromatic heterocycles. The fourth-order valence-electron chi connectivity index (χ4n) is 6.74. The molecule has 0 atom stereocenters. The Bertz CT molecular complexity index is 2020. The summed E-state index contributed by atoms with van der Waals surface area (Å²) in [6.07, 6.45) is 3.76. The molecule has 2 heteroatoms. The van der Waals surface area contributed by atoms with E-state index in [-0.39, 0.29) is 5.41 Å². The van der Waals surface area contributed by atoms with Crippen molar-refractivity contribution >= 4 is 49.4 Å². The van der Waals surface area contributed by atoms with E-state index in [0.717, 1.165) is 5.56 Å². The first-order valence-corrected chi connectivity index (χ1v) is 13.9. The van der Waals surface area contributed by atoms with Gasteiger partial charge in [0, 0.05) is 29.1 Å². The third-order valence-electron chi connectivity index (χ3n) is 8.71. The second-order valence-electron chi connectivity index (χ2n) is 11.3. The van der Waals surface area contributed by atoms with Gasteiger partial charge in [0.15, 0.2) is 0 Å². The summed E-state index contributed by atoms with van der Waals surface area (Å²) in [5.41, 5.74) is 8.61. The summed E-state index contributed by atoms with van der Waals surface area (Å²) in [6.45, 7) is 4.67. The van der Waals surface area contributed by atoms with Crippen molar-refractivity contribution in [2.75, 3.05) is 4.90 Å². The second-order valence-corrected chi connectivity index (χ2v) is 11.3. The van der Waals surface area contributed by atoms with Crippen LogP contribution in [-0.4, -0.2) is 4.98 Å². The Morgan fingerprint density at radius 3 is 1.73 bits per heavy atom. The van der Waals surface area contributed by atoms with Crippen molar-refractivity contribution in [2.45, 2.75) is 19.3 Å². The number of para-hydroxylation sites is 2. The predicted octanol–water partition coefficient (Wildman–Crippen LogP) is 10.3. The second kappa shape index (κ2) is 8.53. The van der Waals surface area contributed by atoms with Crippen molar-refractivity contribution in [2.24, 2.45) is 0 Å². The molecule has 1 aliphatic rings. The van der Waals surface area contributed by atoms with Crippen molar-refractivity contribution in [1.82, 2.24) is 4.98 Å². The molecule has 0 N–H and O–H groups in total. The summed E-state index contributed by atoms with van der Waals surface area (Å²) in [7, 11) is 0. The van der Waals surface area contributed by atoms with Gasteiger partial charge in [0.25, 0.3) is 0 Å². The van der Waals surface area contributed by atoms with E-state index in [1.54, 1.807) is 0 Å². The Labute approximate surface area is 234 Å². The zero-order valence-electron chi connectivity index (χ0n) is 22.6. The van der Waals surface area contributed by atoms with Gasteiger partial charge in [0.2, 0.25) is 0 Å². The number of hydrogen-bond acceptors (Lipinski definition) is 2. The lowest BCUT2D eigenvalue weighted by Gasteiger charge is -2.42. The summed E-state index contributed by atoms with van der Waals surface area (Å²) in [4.78, 5) is 6.79. The summed E-state index contributed by atoms with van der Waals surface area (Å²) >= 11 is 0. The molecule has 190 valence electrons. The standard InChI is InChI=1S/C38H28N2/c1-38(2)34-13-5-7-15-36(34)40(37-16-8-6-14-35(37)38)27-18-20-31-30-19-17-25(26-10-9-21-39-24-26)22-32(30)28-11-3-4-12-29(28)33(31)23-27/h3-24H,1-2H3. The lowest BCUT2D eigenvalue weighted by molar-refractivity contribution is 0.632. The number of hydrogen-bond donors (Lipinski definition) is 0. The highest BCUT2D eigenvalue weighted by atomic mass is 15.2. The number of pyridine rings is 1. The zero-order chi connectivity index (χ0) is 26.8. The third kappa shape index (κ3) is 3.26. The average molecular weight is 513 g/mol. The van der Waals surface area contributed by atoms with Gasteiger partial charge in [-0.2, -0.15) is 0 Å². The van der Waals surface area contributed by atoms with E-state index in [1.807, 2.05) is 18.5 Å². The van der Waals surface area contributed by atoms with E-state index in [0.29, 0.717) is 0 Å². The fraction of sp³-hybridized carbons (Fsp3) is 0.0789. The Hall–Kier alpha value is -4.95. The van der Waals surface area contributed by atoms with Gasteiger partial charge >= 0.3 is 0 Å². The monoisotopic (exact) mass is 512 g/mol. The number of nitrogens with zero attached hydrogens (tertiary/aromatic N) is 2. The number of benzene rings is 6. The van der Waals surface area contributed by atoms with Gasteiger partial charge in [0.1, 0.15) is 0 Å². The Kier molecular flexibility index (Phi) is 4.90. The van der Waals surface area contributed by atoms with E-state index >= 15 is 0 Å². The molecule has 7 aromatic rings. The molecule has 2 heterocycles. The van der Waals surface area contributed by atoms with Crippen LogP contribution in [0.25, 0.3) is 43.4 Å². The van der Waals surface area contributed by atoms with Crippen molar-refractivity contribution in [3.05, 3.63) is 145 Å². The Morgan fingerprint density at radius 2 is 1.07 bits per heavy atom. The maximum absolute atomic E-state index is 4.34. The lowest BCUT2D eigenvalue weighted by atomic mass is 9.73. The summed E-state index contributed by atoms with van der Waals surface area (Å²) in [5.74, 6) is 0. The molecular weight excluding hydrogens is 484 g/mol. The van der Waals surface area contributed by atoms with Crippen LogP contribution >= 0.6 is 0 Å². The summed E-state index contributed by atoms with van der Waals surface area (Å²) in [6, 6.07) is 44.5. The van der Waals surface area contributed by atoms with Gasteiger partial charge in [0.05, 0.1) is 11.4 Å². The predicted molar refractivity (Wildman–Crippen MR) is 169 cm³/mol. The molecule has 2 nitrogen and oxygen atoms in total. The first-order chi connectivity index (χ1) is 19.6. The van der Waals surface area contributed by atoms with Crippen LogP contribution in [0.3, 0.4) is 0 Å². The van der Waals surface area contributed by atoms with Gasteiger partial charge in [-0.05, 0) is 85.4 Å². The first kappa shape index (κ1) is 23.0. The highest BCUT2D eigenvalue weighted by Gasteiger charge is 2.36. The van der Waals surface area contributed by atoms with Crippen molar-refractivity contribution in [3.8, 4) is 11.1 Å². The fourth-order valence-corrected chi connectivity index (χ4v) is 6.74. The van der Waals surface area contributed by atoms with Crippen molar-refractivity contribution in [1.29, 1.82) is 0 Å². The largest absolute Gasteiger partial charge is 0.310 e. The molecule has 0 fully saturated rings. The molecule has 40 heavy (non-hydrogen) atoms. The third-order valence-corrected chi connectivity index (χ3v) is 8.71. The Morgan fingerprint density at radius 1 is 0.500 bits per heavy atom. The lowest BCUT2D eigenvalue weighted by Crippen LogP contribution is -2.30. The van der Waals surface area contributed by atoms with Gasteiger partial charge in [-0.3, -0.25) is 4.98 Å². The van der Waals surface area contributed by atoms with Crippen LogP contribution in [0, 0.1) is 0 Å². The molecular formula is C38H28N2. The van der Waals surface area contributed by atoms with Gasteiger partial charge in [-0.15, -0.1) is 0 Å². The number of anilines is 3. The van der Waals surface area contributed by atoms with Crippen LogP contribution in [-0.2, 0) is 5.41 Å².